The zero-order valence-corrected chi connectivity index (χ0v) is 14.6. The number of rotatable bonds is 6. The zero-order chi connectivity index (χ0) is 17.6. The van der Waals surface area contributed by atoms with Gasteiger partial charge in [0.05, 0.1) is 5.92 Å². The van der Waals surface area contributed by atoms with E-state index in [-0.39, 0.29) is 6.04 Å². The van der Waals surface area contributed by atoms with Gasteiger partial charge < -0.3 is 15.2 Å². The van der Waals surface area contributed by atoms with Gasteiger partial charge in [0.2, 0.25) is 0 Å². The largest absolute Gasteiger partial charge is 0.481 e. The number of carboxylic acids is 1. The van der Waals surface area contributed by atoms with Gasteiger partial charge in [0.15, 0.2) is 0 Å². The number of ether oxygens (including phenoxy) is 1. The summed E-state index contributed by atoms with van der Waals surface area (Å²) in [4.78, 5) is 23.1. The molecule has 0 spiro atoms. The molecule has 0 radical (unpaired) electrons. The number of benzene rings is 1. The summed E-state index contributed by atoms with van der Waals surface area (Å²) in [6.45, 7) is 9.03. The van der Waals surface area contributed by atoms with E-state index in [9.17, 15) is 9.59 Å². The SMILES string of the molecule is Cc1ccc(C[C@@H](CC(C)C(=O)O)NC(=O)OC(C)(C)C)cc1. The lowest BCUT2D eigenvalue weighted by Crippen LogP contribution is -2.41. The Bertz CT molecular complexity index is 531. The van der Waals surface area contributed by atoms with Crippen molar-refractivity contribution in [3.63, 3.8) is 0 Å². The number of carbonyl (C=O) groups is 2. The van der Waals surface area contributed by atoms with Crippen LogP contribution in [0.3, 0.4) is 0 Å². The molecule has 5 heteroatoms. The molecule has 0 saturated carbocycles. The van der Waals surface area contributed by atoms with E-state index in [4.69, 9.17) is 9.84 Å². The molecular formula is C18H27NO4. The number of alkyl carbamates (subject to hydrolysis) is 1. The molecule has 0 saturated heterocycles. The molecule has 1 aromatic rings. The number of aryl methyl sites for hydroxylation is 1. The van der Waals surface area contributed by atoms with Crippen molar-refractivity contribution in [2.24, 2.45) is 5.92 Å². The fourth-order valence-electron chi connectivity index (χ4n) is 2.20. The van der Waals surface area contributed by atoms with Gasteiger partial charge in [0.1, 0.15) is 5.60 Å². The van der Waals surface area contributed by atoms with E-state index in [1.54, 1.807) is 27.7 Å². The maximum Gasteiger partial charge on any atom is 0.407 e. The summed E-state index contributed by atoms with van der Waals surface area (Å²) in [6.07, 6.45) is 0.395. The maximum absolute atomic E-state index is 12.0. The molecule has 1 amide bonds. The van der Waals surface area contributed by atoms with Crippen LogP contribution in [-0.4, -0.2) is 28.8 Å². The summed E-state index contributed by atoms with van der Waals surface area (Å²) in [5, 5.41) is 11.9. The molecule has 2 atom stereocenters. The first kappa shape index (κ1) is 19.0. The normalized spacial score (nSPS) is 14.0. The van der Waals surface area contributed by atoms with Gasteiger partial charge in [-0.15, -0.1) is 0 Å². The molecule has 1 rings (SSSR count). The van der Waals surface area contributed by atoms with Gasteiger partial charge in [0, 0.05) is 6.04 Å². The topological polar surface area (TPSA) is 75.6 Å². The number of carbonyl (C=O) groups excluding carboxylic acids is 1. The first-order valence-corrected chi connectivity index (χ1v) is 7.84. The highest BCUT2D eigenvalue weighted by atomic mass is 16.6. The van der Waals surface area contributed by atoms with E-state index in [1.165, 1.54) is 0 Å². The minimum absolute atomic E-state index is 0.293. The minimum atomic E-state index is -0.870. The first-order valence-electron chi connectivity index (χ1n) is 7.84. The molecule has 0 bridgehead atoms. The lowest BCUT2D eigenvalue weighted by atomic mass is 9.96. The van der Waals surface area contributed by atoms with Gasteiger partial charge >= 0.3 is 12.1 Å². The number of hydrogen-bond donors (Lipinski definition) is 2. The van der Waals surface area contributed by atoms with Crippen molar-refractivity contribution in [1.29, 1.82) is 0 Å². The Hall–Kier alpha value is -2.04. The van der Waals surface area contributed by atoms with Crippen LogP contribution in [0.15, 0.2) is 24.3 Å². The van der Waals surface area contributed by atoms with Crippen LogP contribution in [0.1, 0.15) is 45.2 Å². The van der Waals surface area contributed by atoms with E-state index < -0.39 is 23.6 Å². The molecule has 23 heavy (non-hydrogen) atoms. The predicted molar refractivity (Wildman–Crippen MR) is 89.5 cm³/mol. The van der Waals surface area contributed by atoms with Gasteiger partial charge in [-0.1, -0.05) is 36.8 Å². The lowest BCUT2D eigenvalue weighted by Gasteiger charge is -2.24. The summed E-state index contributed by atoms with van der Waals surface area (Å²) < 4.78 is 5.27. The summed E-state index contributed by atoms with van der Waals surface area (Å²) in [7, 11) is 0. The van der Waals surface area contributed by atoms with Crippen LogP contribution in [-0.2, 0) is 16.0 Å². The third kappa shape index (κ3) is 7.68. The van der Waals surface area contributed by atoms with Crippen molar-refractivity contribution in [3.8, 4) is 0 Å². The smallest absolute Gasteiger partial charge is 0.407 e. The van der Waals surface area contributed by atoms with Crippen molar-refractivity contribution in [2.75, 3.05) is 0 Å². The highest BCUT2D eigenvalue weighted by Gasteiger charge is 2.23. The van der Waals surface area contributed by atoms with Crippen LogP contribution in [0.2, 0.25) is 0 Å². The maximum atomic E-state index is 12.0. The number of nitrogens with one attached hydrogen (secondary N) is 1. The number of amides is 1. The van der Waals surface area contributed by atoms with E-state index in [1.807, 2.05) is 31.2 Å². The highest BCUT2D eigenvalue weighted by molar-refractivity contribution is 5.70. The molecule has 128 valence electrons. The quantitative estimate of drug-likeness (QED) is 0.840. The third-order valence-electron chi connectivity index (χ3n) is 3.38. The van der Waals surface area contributed by atoms with Crippen LogP contribution < -0.4 is 5.32 Å². The van der Waals surface area contributed by atoms with E-state index in [0.29, 0.717) is 12.8 Å². The number of aliphatic carboxylic acids is 1. The van der Waals surface area contributed by atoms with Gasteiger partial charge in [-0.3, -0.25) is 4.79 Å². The molecule has 0 aliphatic carbocycles. The second kappa shape index (κ2) is 7.99. The third-order valence-corrected chi connectivity index (χ3v) is 3.38. The minimum Gasteiger partial charge on any atom is -0.481 e. The molecule has 1 aromatic carbocycles. The van der Waals surface area contributed by atoms with Crippen molar-refractivity contribution in [2.45, 2.75) is 59.1 Å². The number of carboxylic acid groups (broad SMARTS) is 1. The molecule has 0 fully saturated rings. The fourth-order valence-corrected chi connectivity index (χ4v) is 2.20. The Balaban J connectivity index is 2.77. The Kier molecular flexibility index (Phi) is 6.61. The number of hydrogen-bond acceptors (Lipinski definition) is 3. The molecule has 0 aromatic heterocycles. The Morgan fingerprint density at radius 2 is 1.78 bits per heavy atom. The van der Waals surface area contributed by atoms with Crippen molar-refractivity contribution in [3.05, 3.63) is 35.4 Å². The Morgan fingerprint density at radius 1 is 1.22 bits per heavy atom. The van der Waals surface area contributed by atoms with Gasteiger partial charge in [-0.05, 0) is 46.1 Å². The van der Waals surface area contributed by atoms with Gasteiger partial charge in [0.25, 0.3) is 0 Å². The Labute approximate surface area is 138 Å². The summed E-state index contributed by atoms with van der Waals surface area (Å²) >= 11 is 0. The van der Waals surface area contributed by atoms with Crippen molar-refractivity contribution < 1.29 is 19.4 Å². The van der Waals surface area contributed by atoms with E-state index in [2.05, 4.69) is 5.32 Å². The summed E-state index contributed by atoms with van der Waals surface area (Å²) in [5.74, 6) is -1.41. The highest BCUT2D eigenvalue weighted by Crippen LogP contribution is 2.14. The molecule has 2 N–H and O–H groups in total. The molecular weight excluding hydrogens is 294 g/mol. The van der Waals surface area contributed by atoms with Crippen LogP contribution in [0, 0.1) is 12.8 Å². The molecule has 0 heterocycles. The van der Waals surface area contributed by atoms with Crippen molar-refractivity contribution >= 4 is 12.1 Å². The van der Waals surface area contributed by atoms with Gasteiger partial charge in [-0.25, -0.2) is 4.79 Å². The monoisotopic (exact) mass is 321 g/mol. The molecule has 5 nitrogen and oxygen atoms in total. The van der Waals surface area contributed by atoms with Gasteiger partial charge in [-0.2, -0.15) is 0 Å². The zero-order valence-electron chi connectivity index (χ0n) is 14.6. The average Bonchev–Trinajstić information content (AvgIpc) is 2.38. The van der Waals surface area contributed by atoms with Crippen LogP contribution in [0.5, 0.6) is 0 Å². The first-order chi connectivity index (χ1) is 10.6. The molecule has 0 aliphatic heterocycles. The second-order valence-corrected chi connectivity index (χ2v) is 7.01. The lowest BCUT2D eigenvalue weighted by molar-refractivity contribution is -0.141. The van der Waals surface area contributed by atoms with E-state index in [0.717, 1.165) is 11.1 Å². The summed E-state index contributed by atoms with van der Waals surface area (Å²) in [6, 6.07) is 7.69. The molecule has 1 unspecified atom stereocenters. The Morgan fingerprint density at radius 3 is 2.26 bits per heavy atom. The second-order valence-electron chi connectivity index (χ2n) is 7.01. The summed E-state index contributed by atoms with van der Waals surface area (Å²) in [5.41, 5.74) is 1.62. The average molecular weight is 321 g/mol. The molecule has 0 aliphatic rings. The van der Waals surface area contributed by atoms with Crippen LogP contribution in [0.4, 0.5) is 4.79 Å². The standard InChI is InChI=1S/C18H27NO4/c1-12-6-8-14(9-7-12)11-15(10-13(2)16(20)21)19-17(22)23-18(3,4)5/h6-9,13,15H,10-11H2,1-5H3,(H,19,22)(H,20,21)/t13?,15-/m1/s1. The van der Waals surface area contributed by atoms with E-state index >= 15 is 0 Å². The van der Waals surface area contributed by atoms with Crippen LogP contribution >= 0.6 is 0 Å². The van der Waals surface area contributed by atoms with Crippen LogP contribution in [0.25, 0.3) is 0 Å². The predicted octanol–water partition coefficient (Wildman–Crippen LogP) is 3.54. The fraction of sp³-hybridized carbons (Fsp3) is 0.556. The van der Waals surface area contributed by atoms with Crippen molar-refractivity contribution in [1.82, 2.24) is 5.32 Å².